The van der Waals surface area contributed by atoms with Gasteiger partial charge in [0.05, 0.1) is 63.4 Å². The van der Waals surface area contributed by atoms with Crippen molar-refractivity contribution in [2.75, 3.05) is 0 Å². The van der Waals surface area contributed by atoms with Crippen LogP contribution in [0.3, 0.4) is 0 Å². The fourth-order valence-corrected chi connectivity index (χ4v) is 18.1. The molecule has 0 atom stereocenters. The van der Waals surface area contributed by atoms with Gasteiger partial charge in [-0.1, -0.05) is 170 Å². The summed E-state index contributed by atoms with van der Waals surface area (Å²) in [5.41, 5.74) is 11.9. The molecule has 6 heterocycles. The second kappa shape index (κ2) is 16.2. The molecule has 0 amide bonds. The minimum atomic E-state index is 0.456. The second-order valence-electron chi connectivity index (χ2n) is 20.5. The van der Waals surface area contributed by atoms with Crippen LogP contribution in [-0.2, 0) is 0 Å². The van der Waals surface area contributed by atoms with Gasteiger partial charge < -0.3 is 9.13 Å². The molecule has 0 saturated heterocycles. The molecule has 0 aliphatic rings. The first kappa shape index (κ1) is 44.1. The monoisotopic (exact) mass is 1060 g/mol. The van der Waals surface area contributed by atoms with E-state index in [-0.39, 0.29) is 0 Å². The lowest BCUT2D eigenvalue weighted by molar-refractivity contribution is 1.13. The van der Waals surface area contributed by atoms with Crippen LogP contribution in [0, 0.1) is 36.5 Å². The molecule has 0 aliphatic heterocycles. The number of aryl methyl sites for hydroxylation is 2. The molecule has 0 N–H and O–H groups in total. The molecular weight excluding hydrogens is 1030 g/mol. The van der Waals surface area contributed by atoms with E-state index in [9.17, 15) is 10.5 Å². The fraction of sp³-hybridized carbons (Fsp3) is 0.0286. The first-order valence-corrected chi connectivity index (χ1v) is 29.3. The molecule has 0 spiro atoms. The van der Waals surface area contributed by atoms with Crippen LogP contribution in [0.2, 0.25) is 0 Å². The maximum absolute atomic E-state index is 12.5. The average molecular weight is 1060 g/mol. The molecule has 0 fully saturated rings. The van der Waals surface area contributed by atoms with Crippen molar-refractivity contribution in [3.63, 3.8) is 0 Å². The maximum atomic E-state index is 12.5. The predicted molar refractivity (Wildman–Crippen MR) is 336 cm³/mol. The molecule has 6 aromatic heterocycles. The largest absolute Gasteiger partial charge is 0.304 e. The van der Waals surface area contributed by atoms with Gasteiger partial charge in [0.25, 0.3) is 0 Å². The SMILES string of the molecule is Cc1ccccc1-c1c(C#N)c(-n2c3c(ccc4c5ccccc5sc43)c3ccc4c5ccccc5sc4c32)c(-c2ccccc2C)c(-n2c3c(ccc4c5ccccc5sc43)c3ccc4c5ccccc5sc4c32)c1C#N. The van der Waals surface area contributed by atoms with E-state index in [4.69, 9.17) is 0 Å². The maximum Gasteiger partial charge on any atom is 0.102 e. The van der Waals surface area contributed by atoms with E-state index in [1.807, 2.05) is 57.5 Å². The molecule has 0 aliphatic carbocycles. The molecule has 0 saturated carbocycles. The van der Waals surface area contributed by atoms with Crippen molar-refractivity contribution in [1.82, 2.24) is 9.13 Å². The molecule has 0 bridgehead atoms. The van der Waals surface area contributed by atoms with Crippen LogP contribution in [0.25, 0.3) is 158 Å². The summed E-state index contributed by atoms with van der Waals surface area (Å²) >= 11 is 7.25. The quantitative estimate of drug-likeness (QED) is 0.176. The first-order chi connectivity index (χ1) is 38.5. The summed E-state index contributed by atoms with van der Waals surface area (Å²) in [5.74, 6) is 0. The zero-order valence-corrected chi connectivity index (χ0v) is 45.2. The Morgan fingerprint density at radius 2 is 0.564 bits per heavy atom. The van der Waals surface area contributed by atoms with Gasteiger partial charge in [0.15, 0.2) is 0 Å². The summed E-state index contributed by atoms with van der Waals surface area (Å²) in [7, 11) is 0. The number of aromatic nitrogens is 2. The van der Waals surface area contributed by atoms with Crippen molar-refractivity contribution in [1.29, 1.82) is 10.5 Å². The molecule has 8 heteroatoms. The number of hydrogen-bond donors (Lipinski definition) is 0. The number of hydrogen-bond acceptors (Lipinski definition) is 6. The summed E-state index contributed by atoms with van der Waals surface area (Å²) in [5, 5.41) is 39.0. The lowest BCUT2D eigenvalue weighted by atomic mass is 9.84. The Bertz CT molecular complexity index is 5080. The van der Waals surface area contributed by atoms with Gasteiger partial charge in [-0.15, -0.1) is 45.3 Å². The highest BCUT2D eigenvalue weighted by Crippen LogP contribution is 2.55. The summed E-state index contributed by atoms with van der Waals surface area (Å²) in [4.78, 5) is 0. The first-order valence-electron chi connectivity index (χ1n) is 26.0. The topological polar surface area (TPSA) is 57.4 Å². The highest BCUT2D eigenvalue weighted by molar-refractivity contribution is 7.28. The minimum Gasteiger partial charge on any atom is -0.304 e. The van der Waals surface area contributed by atoms with Gasteiger partial charge in [-0.05, 0) is 60.4 Å². The lowest BCUT2D eigenvalue weighted by Gasteiger charge is -2.27. The van der Waals surface area contributed by atoms with Gasteiger partial charge in [0, 0.05) is 94.6 Å². The molecule has 17 rings (SSSR count). The summed E-state index contributed by atoms with van der Waals surface area (Å²) in [6.07, 6.45) is 0. The van der Waals surface area contributed by atoms with Crippen LogP contribution < -0.4 is 0 Å². The Morgan fingerprint density at radius 1 is 0.295 bits per heavy atom. The van der Waals surface area contributed by atoms with Crippen molar-refractivity contribution in [3.8, 4) is 45.8 Å². The van der Waals surface area contributed by atoms with E-state index in [0.717, 1.165) is 102 Å². The van der Waals surface area contributed by atoms with Crippen LogP contribution in [0.5, 0.6) is 0 Å². The third-order valence-corrected chi connectivity index (χ3v) is 21.3. The van der Waals surface area contributed by atoms with Crippen LogP contribution in [0.4, 0.5) is 0 Å². The van der Waals surface area contributed by atoms with Gasteiger partial charge in [-0.3, -0.25) is 0 Å². The molecule has 11 aromatic carbocycles. The van der Waals surface area contributed by atoms with E-state index in [2.05, 4.69) is 217 Å². The molecule has 4 nitrogen and oxygen atoms in total. The van der Waals surface area contributed by atoms with E-state index < -0.39 is 0 Å². The van der Waals surface area contributed by atoms with Gasteiger partial charge in [0.1, 0.15) is 12.1 Å². The smallest absolute Gasteiger partial charge is 0.102 e. The van der Waals surface area contributed by atoms with Crippen molar-refractivity contribution in [3.05, 3.63) is 216 Å². The van der Waals surface area contributed by atoms with E-state index >= 15 is 0 Å². The number of nitrogens with zero attached hydrogens (tertiary/aromatic N) is 4. The molecule has 362 valence electrons. The number of rotatable bonds is 4. The van der Waals surface area contributed by atoms with Crippen LogP contribution >= 0.6 is 45.3 Å². The van der Waals surface area contributed by atoms with E-state index in [1.54, 1.807) is 0 Å². The molecule has 0 radical (unpaired) electrons. The van der Waals surface area contributed by atoms with Crippen LogP contribution in [-0.4, -0.2) is 9.13 Å². The molecule has 0 unspecified atom stereocenters. The minimum absolute atomic E-state index is 0.456. The Kier molecular flexibility index (Phi) is 9.15. The summed E-state index contributed by atoms with van der Waals surface area (Å²) in [6.45, 7) is 4.28. The highest BCUT2D eigenvalue weighted by Gasteiger charge is 2.35. The van der Waals surface area contributed by atoms with Crippen LogP contribution in [0.1, 0.15) is 22.3 Å². The normalized spacial score (nSPS) is 12.2. The van der Waals surface area contributed by atoms with Crippen molar-refractivity contribution in [2.45, 2.75) is 13.8 Å². The van der Waals surface area contributed by atoms with Crippen molar-refractivity contribution in [2.24, 2.45) is 0 Å². The van der Waals surface area contributed by atoms with E-state index in [1.165, 1.54) is 61.9 Å². The van der Waals surface area contributed by atoms with E-state index in [0.29, 0.717) is 16.7 Å². The van der Waals surface area contributed by atoms with Gasteiger partial charge in [-0.25, -0.2) is 0 Å². The second-order valence-corrected chi connectivity index (χ2v) is 24.7. The van der Waals surface area contributed by atoms with Gasteiger partial charge >= 0.3 is 0 Å². The Balaban J connectivity index is 1.22. The summed E-state index contributed by atoms with van der Waals surface area (Å²) < 4.78 is 14.4. The number of nitriles is 2. The van der Waals surface area contributed by atoms with Gasteiger partial charge in [-0.2, -0.15) is 10.5 Å². The molecule has 17 aromatic rings. The highest BCUT2D eigenvalue weighted by atomic mass is 32.1. The standard InChI is InChI=1S/C70H38N4S4/c1-37-15-3-5-17-39(37)59-53(35-71)61(73-63-45(27-31-49-41-19-7-11-23-55(41)75-67(49)63)46-28-32-50-42-20-8-12-24-56(42)76-68(50)64(46)73)60(40-18-6-4-16-38(40)2)62(54(59)36-72)74-65-47(29-33-51-43-21-9-13-25-57(43)77-69(51)65)48-30-34-52-44-22-10-14-26-58(44)78-70(52)66(48)74/h3-34H,1-2H3. The lowest BCUT2D eigenvalue weighted by Crippen LogP contribution is -2.12. The zero-order chi connectivity index (χ0) is 51.7. The Hall–Kier alpha value is -9.12. The number of benzene rings is 11. The number of fused-ring (bicyclic) bond motifs is 22. The predicted octanol–water partition coefficient (Wildman–Crippen LogP) is 21.0. The fourth-order valence-electron chi connectivity index (χ4n) is 13.1. The van der Waals surface area contributed by atoms with Crippen LogP contribution in [0.15, 0.2) is 194 Å². The third-order valence-electron chi connectivity index (χ3n) is 16.5. The van der Waals surface area contributed by atoms with Crippen molar-refractivity contribution >= 4 is 170 Å². The number of thiophene rings is 4. The Morgan fingerprint density at radius 3 is 0.872 bits per heavy atom. The summed E-state index contributed by atoms with van der Waals surface area (Å²) in [6, 6.07) is 76.1. The van der Waals surface area contributed by atoms with Crippen molar-refractivity contribution < 1.29 is 0 Å². The Labute approximate surface area is 461 Å². The van der Waals surface area contributed by atoms with Gasteiger partial charge in [0.2, 0.25) is 0 Å². The zero-order valence-electron chi connectivity index (χ0n) is 41.9. The molecular formula is C70H38N4S4. The third kappa shape index (κ3) is 5.74. The average Bonchev–Trinajstić information content (AvgIpc) is 4.50. The molecule has 78 heavy (non-hydrogen) atoms.